The SMILES string of the molecule is COc1ccc(C2CCCN2C(=O)CCC(C)C)c(OC)c1. The number of nitrogens with zero attached hydrogens (tertiary/aromatic N) is 1. The van der Waals surface area contributed by atoms with E-state index in [2.05, 4.69) is 13.8 Å². The van der Waals surface area contributed by atoms with Gasteiger partial charge < -0.3 is 14.4 Å². The first-order chi connectivity index (χ1) is 10.6. The van der Waals surface area contributed by atoms with E-state index < -0.39 is 0 Å². The van der Waals surface area contributed by atoms with E-state index in [0.29, 0.717) is 12.3 Å². The summed E-state index contributed by atoms with van der Waals surface area (Å²) in [6, 6.07) is 5.98. The molecular weight excluding hydrogens is 278 g/mol. The minimum absolute atomic E-state index is 0.125. The molecule has 0 N–H and O–H groups in total. The van der Waals surface area contributed by atoms with E-state index in [1.807, 2.05) is 23.1 Å². The first kappa shape index (κ1) is 16.7. The van der Waals surface area contributed by atoms with Crippen LogP contribution in [-0.2, 0) is 4.79 Å². The van der Waals surface area contributed by atoms with Crippen LogP contribution < -0.4 is 9.47 Å². The summed E-state index contributed by atoms with van der Waals surface area (Å²) in [6.45, 7) is 5.15. The van der Waals surface area contributed by atoms with Gasteiger partial charge in [-0.1, -0.05) is 13.8 Å². The summed E-state index contributed by atoms with van der Waals surface area (Å²) >= 11 is 0. The van der Waals surface area contributed by atoms with Crippen molar-refractivity contribution in [1.82, 2.24) is 4.90 Å². The number of amides is 1. The molecule has 1 heterocycles. The molecule has 0 aliphatic carbocycles. The summed E-state index contributed by atoms with van der Waals surface area (Å²) in [6.07, 6.45) is 3.62. The lowest BCUT2D eigenvalue weighted by molar-refractivity contribution is -0.132. The summed E-state index contributed by atoms with van der Waals surface area (Å²) in [4.78, 5) is 14.5. The lowest BCUT2D eigenvalue weighted by Crippen LogP contribution is -2.30. The monoisotopic (exact) mass is 305 g/mol. The minimum Gasteiger partial charge on any atom is -0.497 e. The zero-order valence-electron chi connectivity index (χ0n) is 14.1. The second-order valence-corrected chi connectivity index (χ2v) is 6.29. The molecule has 22 heavy (non-hydrogen) atoms. The molecule has 1 aromatic carbocycles. The van der Waals surface area contributed by atoms with Crippen LogP contribution in [0.15, 0.2) is 18.2 Å². The molecule has 4 nitrogen and oxygen atoms in total. The van der Waals surface area contributed by atoms with Crippen molar-refractivity contribution in [3.63, 3.8) is 0 Å². The molecule has 0 aromatic heterocycles. The summed E-state index contributed by atoms with van der Waals surface area (Å²) in [5.41, 5.74) is 1.08. The highest BCUT2D eigenvalue weighted by atomic mass is 16.5. The average Bonchev–Trinajstić information content (AvgIpc) is 3.01. The molecule has 1 saturated heterocycles. The molecule has 1 fully saturated rings. The fraction of sp³-hybridized carbons (Fsp3) is 0.611. The van der Waals surface area contributed by atoms with Gasteiger partial charge in [-0.05, 0) is 37.3 Å². The Bertz CT molecular complexity index is 513. The van der Waals surface area contributed by atoms with Gasteiger partial charge in [0.15, 0.2) is 0 Å². The largest absolute Gasteiger partial charge is 0.497 e. The van der Waals surface area contributed by atoms with E-state index in [-0.39, 0.29) is 11.9 Å². The molecule has 122 valence electrons. The Labute approximate surface area is 133 Å². The molecule has 0 radical (unpaired) electrons. The minimum atomic E-state index is 0.125. The predicted molar refractivity (Wildman–Crippen MR) is 87.3 cm³/mol. The third-order valence-electron chi connectivity index (χ3n) is 4.31. The maximum absolute atomic E-state index is 12.5. The molecular formula is C18H27NO3. The zero-order chi connectivity index (χ0) is 16.1. The smallest absolute Gasteiger partial charge is 0.223 e. The predicted octanol–water partition coefficient (Wildman–Crippen LogP) is 3.80. The topological polar surface area (TPSA) is 38.8 Å². The van der Waals surface area contributed by atoms with E-state index >= 15 is 0 Å². The number of likely N-dealkylation sites (tertiary alicyclic amines) is 1. The molecule has 0 bridgehead atoms. The summed E-state index contributed by atoms with van der Waals surface area (Å²) < 4.78 is 10.8. The van der Waals surface area contributed by atoms with Crippen LogP contribution in [0.4, 0.5) is 0 Å². The first-order valence-corrected chi connectivity index (χ1v) is 8.08. The van der Waals surface area contributed by atoms with E-state index in [1.165, 1.54) is 0 Å². The maximum Gasteiger partial charge on any atom is 0.223 e. The van der Waals surface area contributed by atoms with Gasteiger partial charge >= 0.3 is 0 Å². The lowest BCUT2D eigenvalue weighted by Gasteiger charge is -2.27. The zero-order valence-corrected chi connectivity index (χ0v) is 14.1. The molecule has 1 aliphatic heterocycles. The van der Waals surface area contributed by atoms with Gasteiger partial charge in [0, 0.05) is 24.6 Å². The van der Waals surface area contributed by atoms with Crippen molar-refractivity contribution in [3.05, 3.63) is 23.8 Å². The number of methoxy groups -OCH3 is 2. The second kappa shape index (κ2) is 7.52. The molecule has 0 saturated carbocycles. The Morgan fingerprint density at radius 3 is 2.73 bits per heavy atom. The van der Waals surface area contributed by atoms with Crippen LogP contribution in [0, 0.1) is 5.92 Å². The van der Waals surface area contributed by atoms with Crippen molar-refractivity contribution in [3.8, 4) is 11.5 Å². The Hall–Kier alpha value is -1.71. The van der Waals surface area contributed by atoms with Gasteiger partial charge in [-0.3, -0.25) is 4.79 Å². The number of hydrogen-bond acceptors (Lipinski definition) is 3. The molecule has 2 rings (SSSR count). The van der Waals surface area contributed by atoms with Crippen molar-refractivity contribution in [1.29, 1.82) is 0 Å². The van der Waals surface area contributed by atoms with Crippen LogP contribution in [0.2, 0.25) is 0 Å². The van der Waals surface area contributed by atoms with Crippen molar-refractivity contribution in [2.24, 2.45) is 5.92 Å². The highest BCUT2D eigenvalue weighted by Gasteiger charge is 2.31. The highest BCUT2D eigenvalue weighted by molar-refractivity contribution is 5.77. The Morgan fingerprint density at radius 1 is 1.32 bits per heavy atom. The van der Waals surface area contributed by atoms with Crippen molar-refractivity contribution in [2.45, 2.75) is 45.6 Å². The van der Waals surface area contributed by atoms with E-state index in [1.54, 1.807) is 14.2 Å². The second-order valence-electron chi connectivity index (χ2n) is 6.29. The lowest BCUT2D eigenvalue weighted by atomic mass is 10.0. The fourth-order valence-corrected chi connectivity index (χ4v) is 3.04. The van der Waals surface area contributed by atoms with Gasteiger partial charge in [-0.25, -0.2) is 0 Å². The standard InChI is InChI=1S/C18H27NO3/c1-13(2)7-10-18(20)19-11-5-6-16(19)15-9-8-14(21-3)12-17(15)22-4/h8-9,12-13,16H,5-7,10-11H2,1-4H3. The average molecular weight is 305 g/mol. The number of benzene rings is 1. The molecule has 1 atom stereocenters. The molecule has 1 aromatic rings. The van der Waals surface area contributed by atoms with Crippen LogP contribution >= 0.6 is 0 Å². The van der Waals surface area contributed by atoms with Crippen LogP contribution in [-0.4, -0.2) is 31.6 Å². The van der Waals surface area contributed by atoms with Crippen LogP contribution in [0.5, 0.6) is 11.5 Å². The number of ether oxygens (including phenoxy) is 2. The van der Waals surface area contributed by atoms with Crippen LogP contribution in [0.25, 0.3) is 0 Å². The highest BCUT2D eigenvalue weighted by Crippen LogP contribution is 2.39. The number of carbonyl (C=O) groups excluding carboxylic acids is 1. The molecule has 1 unspecified atom stereocenters. The normalized spacial score (nSPS) is 17.9. The van der Waals surface area contributed by atoms with Gasteiger partial charge in [-0.15, -0.1) is 0 Å². The van der Waals surface area contributed by atoms with Gasteiger partial charge in [0.2, 0.25) is 5.91 Å². The quantitative estimate of drug-likeness (QED) is 0.802. The maximum atomic E-state index is 12.5. The van der Waals surface area contributed by atoms with Crippen LogP contribution in [0.1, 0.15) is 51.1 Å². The number of hydrogen-bond donors (Lipinski definition) is 0. The Morgan fingerprint density at radius 2 is 2.09 bits per heavy atom. The van der Waals surface area contributed by atoms with Gasteiger partial charge in [0.25, 0.3) is 0 Å². The van der Waals surface area contributed by atoms with E-state index in [4.69, 9.17) is 9.47 Å². The van der Waals surface area contributed by atoms with Crippen LogP contribution in [0.3, 0.4) is 0 Å². The number of carbonyl (C=O) groups is 1. The van der Waals surface area contributed by atoms with Crippen molar-refractivity contribution in [2.75, 3.05) is 20.8 Å². The Balaban J connectivity index is 2.18. The first-order valence-electron chi connectivity index (χ1n) is 8.08. The molecule has 0 spiro atoms. The molecule has 1 amide bonds. The van der Waals surface area contributed by atoms with Crippen molar-refractivity contribution < 1.29 is 14.3 Å². The van der Waals surface area contributed by atoms with E-state index in [9.17, 15) is 4.79 Å². The number of rotatable bonds is 6. The molecule has 1 aliphatic rings. The fourth-order valence-electron chi connectivity index (χ4n) is 3.04. The summed E-state index contributed by atoms with van der Waals surface area (Å²) in [7, 11) is 3.31. The Kier molecular flexibility index (Phi) is 5.69. The molecule has 4 heteroatoms. The van der Waals surface area contributed by atoms with Gasteiger partial charge in [-0.2, -0.15) is 0 Å². The summed E-state index contributed by atoms with van der Waals surface area (Å²) in [5, 5.41) is 0. The summed E-state index contributed by atoms with van der Waals surface area (Å²) in [5.74, 6) is 2.39. The third kappa shape index (κ3) is 3.73. The van der Waals surface area contributed by atoms with E-state index in [0.717, 1.165) is 42.9 Å². The van der Waals surface area contributed by atoms with Gasteiger partial charge in [0.05, 0.1) is 20.3 Å². The van der Waals surface area contributed by atoms with Gasteiger partial charge in [0.1, 0.15) is 11.5 Å². The third-order valence-corrected chi connectivity index (χ3v) is 4.31. The van der Waals surface area contributed by atoms with Crippen molar-refractivity contribution >= 4 is 5.91 Å².